The fraction of sp³-hybridized carbons (Fsp3) is 0.238. The van der Waals surface area contributed by atoms with Crippen molar-refractivity contribution in [3.8, 4) is 11.3 Å². The highest BCUT2D eigenvalue weighted by Crippen LogP contribution is 2.29. The number of hydrogen-bond donors (Lipinski definition) is 2. The molecule has 1 amide bonds. The summed E-state index contributed by atoms with van der Waals surface area (Å²) in [7, 11) is 0. The molecule has 0 fully saturated rings. The lowest BCUT2D eigenvalue weighted by Gasteiger charge is -2.10. The number of fused-ring (bicyclic) bond motifs is 1. The number of aryl methyl sites for hydroxylation is 2. The van der Waals surface area contributed by atoms with Gasteiger partial charge in [-0.3, -0.25) is 9.59 Å². The van der Waals surface area contributed by atoms with Crippen LogP contribution in [-0.2, 0) is 10.5 Å². The number of H-pyrrole nitrogens is 1. The number of thiazole rings is 1. The number of nitrogens with zero attached hydrogens (tertiary/aromatic N) is 2. The Balaban J connectivity index is 1.41. The molecule has 0 spiro atoms. The van der Waals surface area contributed by atoms with Crippen molar-refractivity contribution in [2.75, 3.05) is 5.32 Å². The average Bonchev–Trinajstić information content (AvgIpc) is 3.32. The molecular weight excluding hydrogens is 474 g/mol. The summed E-state index contributed by atoms with van der Waals surface area (Å²) < 4.78 is 27.4. The van der Waals surface area contributed by atoms with E-state index >= 15 is 0 Å². The third kappa shape index (κ3) is 4.59. The second-order valence-electron chi connectivity index (χ2n) is 7.08. The van der Waals surface area contributed by atoms with Crippen LogP contribution in [-0.4, -0.2) is 26.1 Å². The van der Waals surface area contributed by atoms with Crippen molar-refractivity contribution in [2.24, 2.45) is 0 Å². The van der Waals surface area contributed by atoms with E-state index in [2.05, 4.69) is 20.3 Å². The SMILES string of the molecule is Cc1sc2nc(CSC(C)C(=O)Nc3nc(-c4cc(F)ccc4F)cs3)[nH]c(=O)c2c1C. The number of rotatable bonds is 6. The maximum Gasteiger partial charge on any atom is 0.259 e. The molecule has 0 aliphatic heterocycles. The summed E-state index contributed by atoms with van der Waals surface area (Å²) in [5.74, 6) is -0.586. The van der Waals surface area contributed by atoms with Crippen LogP contribution in [0.4, 0.5) is 13.9 Å². The number of aromatic nitrogens is 3. The van der Waals surface area contributed by atoms with E-state index in [1.54, 1.807) is 12.3 Å². The molecule has 0 saturated heterocycles. The number of thioether (sulfide) groups is 1. The number of halogens is 2. The summed E-state index contributed by atoms with van der Waals surface area (Å²) in [4.78, 5) is 38.2. The van der Waals surface area contributed by atoms with Gasteiger partial charge in [0.15, 0.2) is 5.13 Å². The number of amides is 1. The quantitative estimate of drug-likeness (QED) is 0.383. The predicted octanol–water partition coefficient (Wildman–Crippen LogP) is 5.26. The summed E-state index contributed by atoms with van der Waals surface area (Å²) in [5, 5.41) is 4.70. The zero-order valence-electron chi connectivity index (χ0n) is 17.3. The van der Waals surface area contributed by atoms with E-state index < -0.39 is 16.9 Å². The molecule has 1 atom stereocenters. The highest BCUT2D eigenvalue weighted by Gasteiger charge is 2.18. The maximum absolute atomic E-state index is 13.9. The van der Waals surface area contributed by atoms with Crippen molar-refractivity contribution in [3.63, 3.8) is 0 Å². The summed E-state index contributed by atoms with van der Waals surface area (Å²) >= 11 is 3.92. The first-order chi connectivity index (χ1) is 15.2. The van der Waals surface area contributed by atoms with Gasteiger partial charge in [-0.05, 0) is 44.5 Å². The van der Waals surface area contributed by atoms with Gasteiger partial charge in [0.05, 0.1) is 22.1 Å². The summed E-state index contributed by atoms with van der Waals surface area (Å²) in [5.41, 5.74) is 1.05. The molecule has 3 heterocycles. The van der Waals surface area contributed by atoms with E-state index in [9.17, 15) is 18.4 Å². The third-order valence-corrected chi connectivity index (χ3v) is 7.88. The minimum Gasteiger partial charge on any atom is -0.309 e. The highest BCUT2D eigenvalue weighted by atomic mass is 32.2. The molecule has 4 rings (SSSR count). The van der Waals surface area contributed by atoms with Crippen LogP contribution in [0.1, 0.15) is 23.2 Å². The number of benzene rings is 1. The zero-order valence-corrected chi connectivity index (χ0v) is 19.7. The lowest BCUT2D eigenvalue weighted by Crippen LogP contribution is -2.23. The molecule has 3 aromatic heterocycles. The number of carbonyl (C=O) groups excluding carboxylic acids is 1. The van der Waals surface area contributed by atoms with Crippen LogP contribution in [0.3, 0.4) is 0 Å². The van der Waals surface area contributed by atoms with E-state index in [0.717, 1.165) is 40.0 Å². The van der Waals surface area contributed by atoms with Crippen molar-refractivity contribution < 1.29 is 13.6 Å². The van der Waals surface area contributed by atoms with Crippen molar-refractivity contribution in [1.29, 1.82) is 0 Å². The Hall–Kier alpha value is -2.63. The van der Waals surface area contributed by atoms with Crippen LogP contribution >= 0.6 is 34.4 Å². The molecule has 0 bridgehead atoms. The Kier molecular flexibility index (Phi) is 6.40. The molecule has 0 saturated carbocycles. The largest absolute Gasteiger partial charge is 0.309 e. The molecule has 32 heavy (non-hydrogen) atoms. The highest BCUT2D eigenvalue weighted by molar-refractivity contribution is 7.99. The van der Waals surface area contributed by atoms with Crippen molar-refractivity contribution in [3.05, 3.63) is 61.8 Å². The van der Waals surface area contributed by atoms with Gasteiger partial charge >= 0.3 is 0 Å². The van der Waals surface area contributed by atoms with Gasteiger partial charge in [0, 0.05) is 15.8 Å². The number of nitrogens with one attached hydrogen (secondary N) is 2. The Morgan fingerprint density at radius 3 is 2.84 bits per heavy atom. The third-order valence-electron chi connectivity index (χ3n) is 4.87. The first-order valence-electron chi connectivity index (χ1n) is 9.55. The number of carbonyl (C=O) groups is 1. The fourth-order valence-corrected chi connectivity index (χ4v) is 5.52. The number of thiophene rings is 1. The summed E-state index contributed by atoms with van der Waals surface area (Å²) in [6.45, 7) is 5.59. The first-order valence-corrected chi connectivity index (χ1v) is 12.3. The van der Waals surface area contributed by atoms with E-state index in [1.165, 1.54) is 23.1 Å². The van der Waals surface area contributed by atoms with E-state index in [4.69, 9.17) is 0 Å². The normalized spacial score (nSPS) is 12.3. The minimum absolute atomic E-state index is 0.0358. The van der Waals surface area contributed by atoms with E-state index in [-0.39, 0.29) is 22.7 Å². The average molecular weight is 493 g/mol. The molecule has 6 nitrogen and oxygen atoms in total. The number of aromatic amines is 1. The van der Waals surface area contributed by atoms with E-state index in [0.29, 0.717) is 26.9 Å². The smallest absolute Gasteiger partial charge is 0.259 e. The Bertz CT molecular complexity index is 1380. The second kappa shape index (κ2) is 9.08. The van der Waals surface area contributed by atoms with Gasteiger partial charge < -0.3 is 10.3 Å². The number of hydrogen-bond acceptors (Lipinski definition) is 7. The van der Waals surface area contributed by atoms with Crippen molar-refractivity contribution in [1.82, 2.24) is 15.0 Å². The Morgan fingerprint density at radius 1 is 1.28 bits per heavy atom. The molecule has 166 valence electrons. The molecule has 0 aliphatic carbocycles. The van der Waals surface area contributed by atoms with Crippen molar-refractivity contribution >= 4 is 55.7 Å². The second-order valence-corrected chi connectivity index (χ2v) is 10.5. The monoisotopic (exact) mass is 492 g/mol. The molecular formula is C21H18F2N4O2S3. The van der Waals surface area contributed by atoms with Crippen LogP contribution in [0.2, 0.25) is 0 Å². The van der Waals surface area contributed by atoms with Gasteiger partial charge in [-0.1, -0.05) is 0 Å². The molecule has 1 aromatic carbocycles. The first kappa shape index (κ1) is 22.6. The standard InChI is InChI=1S/C21H18F2N4O2S3/c1-9-10(2)32-20-17(9)19(29)25-16(26-20)8-30-11(3)18(28)27-21-24-15(7-31-21)13-6-12(22)4-5-14(13)23/h4-7,11H,8H2,1-3H3,(H,24,27,28)(H,25,26,29). The fourth-order valence-electron chi connectivity index (χ4n) is 3.00. The molecule has 0 radical (unpaired) electrons. The van der Waals surface area contributed by atoms with Gasteiger partial charge in [-0.2, -0.15) is 0 Å². The lowest BCUT2D eigenvalue weighted by molar-refractivity contribution is -0.115. The maximum atomic E-state index is 13.9. The minimum atomic E-state index is -0.590. The van der Waals surface area contributed by atoms with Gasteiger partial charge in [0.2, 0.25) is 5.91 Å². The van der Waals surface area contributed by atoms with Crippen molar-refractivity contribution in [2.45, 2.75) is 31.8 Å². The van der Waals surface area contributed by atoms with Crippen LogP contribution < -0.4 is 10.9 Å². The topological polar surface area (TPSA) is 87.7 Å². The van der Waals surface area contributed by atoms with Crippen LogP contribution in [0.25, 0.3) is 21.5 Å². The zero-order chi connectivity index (χ0) is 23.0. The Labute approximate surface area is 194 Å². The Morgan fingerprint density at radius 2 is 2.06 bits per heavy atom. The van der Waals surface area contributed by atoms with Crippen LogP contribution in [0.15, 0.2) is 28.4 Å². The molecule has 4 aromatic rings. The van der Waals surface area contributed by atoms with Gasteiger partial charge in [-0.25, -0.2) is 18.7 Å². The molecule has 0 aliphatic rings. The summed E-state index contributed by atoms with van der Waals surface area (Å²) in [6, 6.07) is 3.14. The van der Waals surface area contributed by atoms with E-state index in [1.807, 2.05) is 13.8 Å². The number of anilines is 1. The van der Waals surface area contributed by atoms with Gasteiger partial charge in [0.25, 0.3) is 5.56 Å². The molecule has 11 heteroatoms. The van der Waals surface area contributed by atoms with Crippen LogP contribution in [0.5, 0.6) is 0 Å². The predicted molar refractivity (Wildman–Crippen MR) is 127 cm³/mol. The van der Waals surface area contributed by atoms with Crippen LogP contribution in [0, 0.1) is 25.5 Å². The molecule has 1 unspecified atom stereocenters. The lowest BCUT2D eigenvalue weighted by atomic mass is 10.1. The van der Waals surface area contributed by atoms with Gasteiger partial charge in [-0.15, -0.1) is 34.4 Å². The van der Waals surface area contributed by atoms with Gasteiger partial charge in [0.1, 0.15) is 22.3 Å². The summed E-state index contributed by atoms with van der Waals surface area (Å²) in [6.07, 6.45) is 0. The molecule has 2 N–H and O–H groups in total.